The third-order valence-electron chi connectivity index (χ3n) is 4.49. The SMILES string of the molecule is Cc1ccsc1-c1ccc(C(=O)N2CCOCC2CC(C)C)cc1. The molecule has 0 aliphatic carbocycles. The first-order valence-corrected chi connectivity index (χ1v) is 9.47. The Balaban J connectivity index is 1.77. The predicted octanol–water partition coefficient (Wildman–Crippen LogP) is 4.61. The van der Waals surface area contributed by atoms with Gasteiger partial charge in [0, 0.05) is 17.0 Å². The molecule has 0 saturated carbocycles. The summed E-state index contributed by atoms with van der Waals surface area (Å²) >= 11 is 1.74. The zero-order valence-electron chi connectivity index (χ0n) is 14.6. The number of rotatable bonds is 4. The highest BCUT2D eigenvalue weighted by molar-refractivity contribution is 7.13. The van der Waals surface area contributed by atoms with Crippen LogP contribution in [0.3, 0.4) is 0 Å². The zero-order valence-corrected chi connectivity index (χ0v) is 15.4. The average Bonchev–Trinajstić information content (AvgIpc) is 3.00. The number of aryl methyl sites for hydroxylation is 1. The Morgan fingerprint density at radius 3 is 2.67 bits per heavy atom. The van der Waals surface area contributed by atoms with E-state index in [2.05, 4.69) is 44.4 Å². The lowest BCUT2D eigenvalue weighted by Crippen LogP contribution is -2.49. The molecule has 128 valence electrons. The summed E-state index contributed by atoms with van der Waals surface area (Å²) in [5, 5.41) is 2.11. The normalized spacial score (nSPS) is 18.2. The summed E-state index contributed by atoms with van der Waals surface area (Å²) < 4.78 is 5.59. The third kappa shape index (κ3) is 3.70. The summed E-state index contributed by atoms with van der Waals surface area (Å²) in [6.07, 6.45) is 0.984. The van der Waals surface area contributed by atoms with Crippen LogP contribution in [0.15, 0.2) is 35.7 Å². The first-order valence-electron chi connectivity index (χ1n) is 8.59. The van der Waals surface area contributed by atoms with Crippen LogP contribution >= 0.6 is 11.3 Å². The van der Waals surface area contributed by atoms with Crippen molar-refractivity contribution in [1.29, 1.82) is 0 Å². The molecule has 2 heterocycles. The van der Waals surface area contributed by atoms with E-state index in [4.69, 9.17) is 4.74 Å². The summed E-state index contributed by atoms with van der Waals surface area (Å²) in [5.41, 5.74) is 3.23. The van der Waals surface area contributed by atoms with Crippen molar-refractivity contribution in [3.63, 3.8) is 0 Å². The zero-order chi connectivity index (χ0) is 17.1. The molecule has 4 heteroatoms. The fourth-order valence-electron chi connectivity index (χ4n) is 3.26. The largest absolute Gasteiger partial charge is 0.377 e. The van der Waals surface area contributed by atoms with Crippen molar-refractivity contribution < 1.29 is 9.53 Å². The Labute approximate surface area is 148 Å². The molecule has 0 bridgehead atoms. The van der Waals surface area contributed by atoms with E-state index in [0.717, 1.165) is 12.0 Å². The quantitative estimate of drug-likeness (QED) is 0.811. The lowest BCUT2D eigenvalue weighted by molar-refractivity contribution is -0.00746. The van der Waals surface area contributed by atoms with Crippen molar-refractivity contribution in [2.24, 2.45) is 5.92 Å². The number of hydrogen-bond acceptors (Lipinski definition) is 3. The van der Waals surface area contributed by atoms with Crippen LogP contribution in [0.1, 0.15) is 36.2 Å². The van der Waals surface area contributed by atoms with Gasteiger partial charge in [-0.2, -0.15) is 0 Å². The van der Waals surface area contributed by atoms with Gasteiger partial charge in [-0.25, -0.2) is 0 Å². The number of morpholine rings is 1. The highest BCUT2D eigenvalue weighted by Gasteiger charge is 2.28. The van der Waals surface area contributed by atoms with E-state index >= 15 is 0 Å². The second kappa shape index (κ2) is 7.49. The molecule has 1 unspecified atom stereocenters. The molecule has 1 atom stereocenters. The van der Waals surface area contributed by atoms with Gasteiger partial charge in [-0.1, -0.05) is 26.0 Å². The second-order valence-electron chi connectivity index (χ2n) is 6.87. The maximum absolute atomic E-state index is 12.9. The molecule has 3 rings (SSSR count). The maximum atomic E-state index is 12.9. The molecule has 1 aromatic heterocycles. The van der Waals surface area contributed by atoms with Gasteiger partial charge in [-0.3, -0.25) is 4.79 Å². The first kappa shape index (κ1) is 17.2. The minimum atomic E-state index is 0.124. The van der Waals surface area contributed by atoms with E-state index in [1.54, 1.807) is 11.3 Å². The summed E-state index contributed by atoms with van der Waals surface area (Å²) in [7, 11) is 0. The van der Waals surface area contributed by atoms with Crippen LogP contribution in [0.2, 0.25) is 0 Å². The molecular weight excluding hydrogens is 318 g/mol. The minimum absolute atomic E-state index is 0.124. The van der Waals surface area contributed by atoms with Crippen LogP contribution in [-0.2, 0) is 4.74 Å². The number of carbonyl (C=O) groups is 1. The number of amides is 1. The minimum Gasteiger partial charge on any atom is -0.377 e. The van der Waals surface area contributed by atoms with Crippen LogP contribution in [0, 0.1) is 12.8 Å². The Kier molecular flexibility index (Phi) is 5.36. The molecule has 1 saturated heterocycles. The molecule has 1 fully saturated rings. The molecule has 1 amide bonds. The molecule has 1 aromatic carbocycles. The third-order valence-corrected chi connectivity index (χ3v) is 5.55. The fourth-order valence-corrected chi connectivity index (χ4v) is 4.19. The van der Waals surface area contributed by atoms with Crippen LogP contribution < -0.4 is 0 Å². The van der Waals surface area contributed by atoms with Gasteiger partial charge in [-0.15, -0.1) is 11.3 Å². The van der Waals surface area contributed by atoms with E-state index in [0.29, 0.717) is 25.7 Å². The van der Waals surface area contributed by atoms with Gasteiger partial charge < -0.3 is 9.64 Å². The van der Waals surface area contributed by atoms with Gasteiger partial charge in [-0.05, 0) is 54.0 Å². The molecule has 2 aromatic rings. The monoisotopic (exact) mass is 343 g/mol. The van der Waals surface area contributed by atoms with Crippen molar-refractivity contribution in [3.8, 4) is 10.4 Å². The molecular formula is C20H25NO2S. The van der Waals surface area contributed by atoms with Gasteiger partial charge in [0.2, 0.25) is 0 Å². The smallest absolute Gasteiger partial charge is 0.254 e. The van der Waals surface area contributed by atoms with E-state index in [1.807, 2.05) is 17.0 Å². The number of benzene rings is 1. The van der Waals surface area contributed by atoms with Gasteiger partial charge in [0.15, 0.2) is 0 Å². The van der Waals surface area contributed by atoms with Crippen molar-refractivity contribution in [3.05, 3.63) is 46.8 Å². The molecule has 0 radical (unpaired) electrons. The Morgan fingerprint density at radius 1 is 1.29 bits per heavy atom. The van der Waals surface area contributed by atoms with Gasteiger partial charge in [0.05, 0.1) is 19.3 Å². The molecule has 0 spiro atoms. The number of ether oxygens (including phenoxy) is 1. The van der Waals surface area contributed by atoms with Crippen molar-refractivity contribution in [2.75, 3.05) is 19.8 Å². The summed E-state index contributed by atoms with van der Waals surface area (Å²) in [6, 6.07) is 10.3. The topological polar surface area (TPSA) is 29.5 Å². The lowest BCUT2D eigenvalue weighted by Gasteiger charge is -2.36. The Hall–Kier alpha value is -1.65. The maximum Gasteiger partial charge on any atom is 0.254 e. The van der Waals surface area contributed by atoms with Crippen molar-refractivity contribution >= 4 is 17.2 Å². The van der Waals surface area contributed by atoms with Crippen LogP contribution in [-0.4, -0.2) is 36.6 Å². The van der Waals surface area contributed by atoms with E-state index in [-0.39, 0.29) is 11.9 Å². The predicted molar refractivity (Wildman–Crippen MR) is 99.6 cm³/mol. The molecule has 3 nitrogen and oxygen atoms in total. The Morgan fingerprint density at radius 2 is 2.04 bits per heavy atom. The van der Waals surface area contributed by atoms with E-state index < -0.39 is 0 Å². The highest BCUT2D eigenvalue weighted by Crippen LogP contribution is 2.29. The number of carbonyl (C=O) groups excluding carboxylic acids is 1. The summed E-state index contributed by atoms with van der Waals surface area (Å²) in [6.45, 7) is 8.46. The van der Waals surface area contributed by atoms with E-state index in [9.17, 15) is 4.79 Å². The van der Waals surface area contributed by atoms with E-state index in [1.165, 1.54) is 16.0 Å². The molecule has 0 N–H and O–H groups in total. The number of hydrogen-bond donors (Lipinski definition) is 0. The van der Waals surface area contributed by atoms with Gasteiger partial charge in [0.25, 0.3) is 5.91 Å². The summed E-state index contributed by atoms with van der Waals surface area (Å²) in [4.78, 5) is 16.2. The molecule has 24 heavy (non-hydrogen) atoms. The fraction of sp³-hybridized carbons (Fsp3) is 0.450. The summed E-state index contributed by atoms with van der Waals surface area (Å²) in [5.74, 6) is 0.676. The van der Waals surface area contributed by atoms with Crippen LogP contribution in [0.4, 0.5) is 0 Å². The second-order valence-corrected chi connectivity index (χ2v) is 7.78. The molecule has 1 aliphatic rings. The first-order chi connectivity index (χ1) is 11.6. The van der Waals surface area contributed by atoms with Crippen LogP contribution in [0.25, 0.3) is 10.4 Å². The van der Waals surface area contributed by atoms with Gasteiger partial charge >= 0.3 is 0 Å². The van der Waals surface area contributed by atoms with Crippen molar-refractivity contribution in [1.82, 2.24) is 4.90 Å². The Bertz CT molecular complexity index is 690. The number of thiophene rings is 1. The van der Waals surface area contributed by atoms with Crippen LogP contribution in [0.5, 0.6) is 0 Å². The van der Waals surface area contributed by atoms with Crippen molar-refractivity contribution in [2.45, 2.75) is 33.2 Å². The number of nitrogens with zero attached hydrogens (tertiary/aromatic N) is 1. The standard InChI is InChI=1S/C20H25NO2S/c1-14(2)12-18-13-23-10-9-21(18)20(22)17-6-4-16(5-7-17)19-15(3)8-11-24-19/h4-8,11,14,18H,9-10,12-13H2,1-3H3. The highest BCUT2D eigenvalue weighted by atomic mass is 32.1. The van der Waals surface area contributed by atoms with Gasteiger partial charge in [0.1, 0.15) is 0 Å². The average molecular weight is 343 g/mol. The molecule has 1 aliphatic heterocycles. The lowest BCUT2D eigenvalue weighted by atomic mass is 10.0.